The van der Waals surface area contributed by atoms with Gasteiger partial charge in [-0.05, 0) is 57.1 Å². The minimum absolute atomic E-state index is 0.106. The molecule has 0 bridgehead atoms. The lowest BCUT2D eigenvalue weighted by Crippen LogP contribution is -2.37. The van der Waals surface area contributed by atoms with Crippen LogP contribution >= 0.6 is 0 Å². The van der Waals surface area contributed by atoms with Gasteiger partial charge in [-0.1, -0.05) is 37.5 Å². The van der Waals surface area contributed by atoms with Crippen molar-refractivity contribution < 1.29 is 9.53 Å². The summed E-state index contributed by atoms with van der Waals surface area (Å²) in [7, 11) is 0. The second-order valence-corrected chi connectivity index (χ2v) is 7.14. The van der Waals surface area contributed by atoms with Crippen molar-refractivity contribution in [2.45, 2.75) is 64.9 Å². The smallest absolute Gasteiger partial charge is 0.338 e. The molecule has 2 nitrogen and oxygen atoms in total. The highest BCUT2D eigenvalue weighted by Gasteiger charge is 2.47. The molecule has 0 saturated heterocycles. The molecule has 2 aliphatic rings. The van der Waals surface area contributed by atoms with Crippen molar-refractivity contribution in [2.75, 3.05) is 0 Å². The standard InChI is InChI=1S/C19H26O2/c1-14-9-11-15(12-10-14)18(20)21-17-8-5-13-19(17,2)16-6-3-4-7-16/h9-12,16-17H,3-8,13H2,1-2H3. The number of benzene rings is 1. The van der Waals surface area contributed by atoms with Crippen molar-refractivity contribution >= 4 is 5.97 Å². The Balaban J connectivity index is 1.71. The number of carbonyl (C=O) groups is 1. The van der Waals surface area contributed by atoms with Crippen LogP contribution in [0.15, 0.2) is 24.3 Å². The van der Waals surface area contributed by atoms with E-state index in [0.29, 0.717) is 5.56 Å². The van der Waals surface area contributed by atoms with Gasteiger partial charge in [0.05, 0.1) is 5.56 Å². The minimum atomic E-state index is -0.147. The molecule has 2 atom stereocenters. The molecule has 0 heterocycles. The summed E-state index contributed by atoms with van der Waals surface area (Å²) in [6.07, 6.45) is 8.86. The Bertz CT molecular complexity index is 499. The molecule has 2 unspecified atom stereocenters. The van der Waals surface area contributed by atoms with Crippen LogP contribution in [0.3, 0.4) is 0 Å². The van der Waals surface area contributed by atoms with Gasteiger partial charge in [0.2, 0.25) is 0 Å². The lowest BCUT2D eigenvalue weighted by atomic mass is 9.73. The van der Waals surface area contributed by atoms with Crippen LogP contribution in [0.1, 0.15) is 67.8 Å². The second-order valence-electron chi connectivity index (χ2n) is 7.14. The fourth-order valence-electron chi connectivity index (χ4n) is 4.29. The molecule has 114 valence electrons. The summed E-state index contributed by atoms with van der Waals surface area (Å²) in [4.78, 5) is 12.4. The predicted octanol–water partition coefficient (Wildman–Crippen LogP) is 4.90. The molecule has 0 N–H and O–H groups in total. The molecular weight excluding hydrogens is 260 g/mol. The lowest BCUT2D eigenvalue weighted by Gasteiger charge is -2.36. The Hall–Kier alpha value is -1.31. The number of rotatable bonds is 3. The topological polar surface area (TPSA) is 26.3 Å². The summed E-state index contributed by atoms with van der Waals surface area (Å²) >= 11 is 0. The van der Waals surface area contributed by atoms with Gasteiger partial charge in [0, 0.05) is 5.41 Å². The average Bonchev–Trinajstić information content (AvgIpc) is 3.11. The first-order valence-corrected chi connectivity index (χ1v) is 8.37. The zero-order valence-electron chi connectivity index (χ0n) is 13.2. The van der Waals surface area contributed by atoms with E-state index in [1.54, 1.807) is 0 Å². The monoisotopic (exact) mass is 286 g/mol. The maximum atomic E-state index is 12.4. The fourth-order valence-corrected chi connectivity index (χ4v) is 4.29. The average molecular weight is 286 g/mol. The minimum Gasteiger partial charge on any atom is -0.458 e. The summed E-state index contributed by atoms with van der Waals surface area (Å²) in [5.41, 5.74) is 2.06. The third-order valence-electron chi connectivity index (χ3n) is 5.74. The highest BCUT2D eigenvalue weighted by atomic mass is 16.5. The molecule has 0 aromatic heterocycles. The van der Waals surface area contributed by atoms with E-state index < -0.39 is 0 Å². The molecule has 0 amide bonds. The number of aryl methyl sites for hydroxylation is 1. The van der Waals surface area contributed by atoms with Gasteiger partial charge in [0.15, 0.2) is 0 Å². The number of hydrogen-bond acceptors (Lipinski definition) is 2. The summed E-state index contributed by atoms with van der Waals surface area (Å²) in [5, 5.41) is 0. The van der Waals surface area contributed by atoms with Gasteiger partial charge in [-0.3, -0.25) is 0 Å². The molecule has 3 rings (SSSR count). The van der Waals surface area contributed by atoms with Crippen molar-refractivity contribution in [3.05, 3.63) is 35.4 Å². The van der Waals surface area contributed by atoms with Crippen LogP contribution in [0, 0.1) is 18.3 Å². The maximum absolute atomic E-state index is 12.4. The maximum Gasteiger partial charge on any atom is 0.338 e. The van der Waals surface area contributed by atoms with Crippen LogP contribution in [-0.2, 0) is 4.74 Å². The van der Waals surface area contributed by atoms with Crippen molar-refractivity contribution in [3.8, 4) is 0 Å². The Morgan fingerprint density at radius 1 is 1.10 bits per heavy atom. The molecule has 2 aliphatic carbocycles. The summed E-state index contributed by atoms with van der Waals surface area (Å²) in [6.45, 7) is 4.38. The molecule has 0 aliphatic heterocycles. The van der Waals surface area contributed by atoms with Gasteiger partial charge in [-0.25, -0.2) is 4.79 Å². The molecular formula is C19H26O2. The van der Waals surface area contributed by atoms with Crippen LogP contribution in [0.25, 0.3) is 0 Å². The van der Waals surface area contributed by atoms with Crippen molar-refractivity contribution in [1.82, 2.24) is 0 Å². The largest absolute Gasteiger partial charge is 0.458 e. The van der Waals surface area contributed by atoms with Gasteiger partial charge >= 0.3 is 5.97 Å². The summed E-state index contributed by atoms with van der Waals surface area (Å²) in [5.74, 6) is 0.599. The van der Waals surface area contributed by atoms with E-state index in [-0.39, 0.29) is 17.5 Å². The van der Waals surface area contributed by atoms with Crippen LogP contribution in [0.2, 0.25) is 0 Å². The van der Waals surface area contributed by atoms with E-state index in [4.69, 9.17) is 4.74 Å². The van der Waals surface area contributed by atoms with Crippen LogP contribution in [0.5, 0.6) is 0 Å². The summed E-state index contributed by atoms with van der Waals surface area (Å²) in [6, 6.07) is 7.70. The molecule has 0 spiro atoms. The molecule has 0 radical (unpaired) electrons. The predicted molar refractivity (Wildman–Crippen MR) is 84.3 cm³/mol. The normalized spacial score (nSPS) is 29.7. The van der Waals surface area contributed by atoms with E-state index in [0.717, 1.165) is 12.3 Å². The fraction of sp³-hybridized carbons (Fsp3) is 0.632. The third kappa shape index (κ3) is 2.86. The quantitative estimate of drug-likeness (QED) is 0.739. The summed E-state index contributed by atoms with van der Waals surface area (Å²) < 4.78 is 5.93. The first-order chi connectivity index (χ1) is 10.1. The Kier molecular flexibility index (Phi) is 4.05. The van der Waals surface area contributed by atoms with E-state index in [1.807, 2.05) is 31.2 Å². The molecule has 1 aromatic carbocycles. The van der Waals surface area contributed by atoms with Crippen molar-refractivity contribution in [3.63, 3.8) is 0 Å². The SMILES string of the molecule is Cc1ccc(C(=O)OC2CCCC2(C)C2CCCC2)cc1. The number of carbonyl (C=O) groups excluding carboxylic acids is 1. The van der Waals surface area contributed by atoms with Gasteiger partial charge in [0.25, 0.3) is 0 Å². The second kappa shape index (κ2) is 5.82. The van der Waals surface area contributed by atoms with Crippen LogP contribution in [-0.4, -0.2) is 12.1 Å². The van der Waals surface area contributed by atoms with Gasteiger partial charge in [-0.15, -0.1) is 0 Å². The van der Waals surface area contributed by atoms with E-state index in [9.17, 15) is 4.79 Å². The van der Waals surface area contributed by atoms with Gasteiger partial charge in [0.1, 0.15) is 6.10 Å². The molecule has 21 heavy (non-hydrogen) atoms. The van der Waals surface area contributed by atoms with Gasteiger partial charge in [-0.2, -0.15) is 0 Å². The number of esters is 1. The van der Waals surface area contributed by atoms with Crippen LogP contribution < -0.4 is 0 Å². The van der Waals surface area contributed by atoms with Gasteiger partial charge < -0.3 is 4.74 Å². The van der Waals surface area contributed by atoms with Crippen LogP contribution in [0.4, 0.5) is 0 Å². The van der Waals surface area contributed by atoms with E-state index >= 15 is 0 Å². The Morgan fingerprint density at radius 3 is 2.43 bits per heavy atom. The van der Waals surface area contributed by atoms with E-state index in [1.165, 1.54) is 44.1 Å². The van der Waals surface area contributed by atoms with E-state index in [2.05, 4.69) is 6.92 Å². The zero-order valence-corrected chi connectivity index (χ0v) is 13.2. The zero-order chi connectivity index (χ0) is 14.9. The third-order valence-corrected chi connectivity index (χ3v) is 5.74. The Labute approximate surface area is 127 Å². The highest BCUT2D eigenvalue weighted by molar-refractivity contribution is 5.89. The first kappa shape index (κ1) is 14.6. The molecule has 2 saturated carbocycles. The molecule has 2 heteroatoms. The number of ether oxygens (including phenoxy) is 1. The first-order valence-electron chi connectivity index (χ1n) is 8.37. The van der Waals surface area contributed by atoms with Crippen molar-refractivity contribution in [1.29, 1.82) is 0 Å². The number of hydrogen-bond donors (Lipinski definition) is 0. The molecule has 2 fully saturated rings. The highest BCUT2D eigenvalue weighted by Crippen LogP contribution is 2.51. The Morgan fingerprint density at radius 2 is 1.76 bits per heavy atom. The lowest BCUT2D eigenvalue weighted by molar-refractivity contribution is -0.0196. The molecule has 1 aromatic rings. The van der Waals surface area contributed by atoms with Crippen molar-refractivity contribution in [2.24, 2.45) is 11.3 Å².